The number of halogens is 1. The number of likely N-dealkylation sites (N-methyl/N-ethyl adjacent to an activating group) is 1. The van der Waals surface area contributed by atoms with Crippen LogP contribution < -0.4 is 10.9 Å². The standard InChI is InChI=1S/C18H23FN4/c1-23(11-8-14-6-9-20-10-7-14)13-17-12-18(22-21-17)15-2-4-16(19)5-3-15/h2-7,9-10,17-18,21-22H,8,11-13H2,1H3. The second-order valence-electron chi connectivity index (χ2n) is 6.19. The van der Waals surface area contributed by atoms with Crippen LogP contribution in [0.3, 0.4) is 0 Å². The molecule has 1 aliphatic rings. The van der Waals surface area contributed by atoms with Gasteiger partial charge in [-0.05, 0) is 55.3 Å². The highest BCUT2D eigenvalue weighted by molar-refractivity contribution is 5.21. The zero-order chi connectivity index (χ0) is 16.1. The highest BCUT2D eigenvalue weighted by Crippen LogP contribution is 2.22. The molecular weight excluding hydrogens is 291 g/mol. The summed E-state index contributed by atoms with van der Waals surface area (Å²) in [5, 5.41) is 0. The van der Waals surface area contributed by atoms with Crippen molar-refractivity contribution in [3.63, 3.8) is 0 Å². The molecule has 0 aliphatic carbocycles. The van der Waals surface area contributed by atoms with Gasteiger partial charge in [0.15, 0.2) is 0 Å². The third kappa shape index (κ3) is 4.58. The molecule has 0 saturated carbocycles. The van der Waals surface area contributed by atoms with Crippen molar-refractivity contribution in [3.8, 4) is 0 Å². The van der Waals surface area contributed by atoms with Crippen LogP contribution in [-0.4, -0.2) is 36.1 Å². The average molecular weight is 314 g/mol. The Bertz CT molecular complexity index is 602. The number of nitrogens with zero attached hydrogens (tertiary/aromatic N) is 2. The lowest BCUT2D eigenvalue weighted by molar-refractivity contribution is 0.299. The van der Waals surface area contributed by atoms with Gasteiger partial charge in [0.2, 0.25) is 0 Å². The predicted octanol–water partition coefficient (Wildman–Crippen LogP) is 2.30. The van der Waals surface area contributed by atoms with Crippen molar-refractivity contribution < 1.29 is 4.39 Å². The van der Waals surface area contributed by atoms with Crippen LogP contribution in [0.4, 0.5) is 4.39 Å². The molecule has 2 atom stereocenters. The van der Waals surface area contributed by atoms with Gasteiger partial charge in [-0.15, -0.1) is 0 Å². The maximum Gasteiger partial charge on any atom is 0.123 e. The van der Waals surface area contributed by atoms with Crippen molar-refractivity contribution in [2.24, 2.45) is 0 Å². The van der Waals surface area contributed by atoms with Gasteiger partial charge in [-0.2, -0.15) is 0 Å². The van der Waals surface area contributed by atoms with E-state index in [4.69, 9.17) is 0 Å². The molecule has 0 radical (unpaired) electrons. The minimum absolute atomic E-state index is 0.188. The summed E-state index contributed by atoms with van der Waals surface area (Å²) in [6.45, 7) is 2.00. The number of hydrogen-bond acceptors (Lipinski definition) is 4. The molecule has 1 saturated heterocycles. The molecule has 2 N–H and O–H groups in total. The molecule has 1 aromatic carbocycles. The summed E-state index contributed by atoms with van der Waals surface area (Å²) >= 11 is 0. The summed E-state index contributed by atoms with van der Waals surface area (Å²) in [4.78, 5) is 6.38. The molecule has 23 heavy (non-hydrogen) atoms. The number of aromatic nitrogens is 1. The third-order valence-electron chi connectivity index (χ3n) is 4.32. The quantitative estimate of drug-likeness (QED) is 0.858. The zero-order valence-corrected chi connectivity index (χ0v) is 13.4. The van der Waals surface area contributed by atoms with Gasteiger partial charge in [0.1, 0.15) is 5.82 Å². The minimum Gasteiger partial charge on any atom is -0.304 e. The van der Waals surface area contributed by atoms with Crippen molar-refractivity contribution in [1.29, 1.82) is 0 Å². The zero-order valence-electron chi connectivity index (χ0n) is 13.4. The number of hydrazine groups is 1. The van der Waals surface area contributed by atoms with E-state index in [-0.39, 0.29) is 11.9 Å². The van der Waals surface area contributed by atoms with Crippen LogP contribution in [0.1, 0.15) is 23.6 Å². The first-order valence-corrected chi connectivity index (χ1v) is 8.04. The average Bonchev–Trinajstić information content (AvgIpc) is 3.03. The molecule has 5 heteroatoms. The van der Waals surface area contributed by atoms with Crippen LogP contribution in [0, 0.1) is 5.82 Å². The Morgan fingerprint density at radius 3 is 2.61 bits per heavy atom. The van der Waals surface area contributed by atoms with Crippen LogP contribution in [0.15, 0.2) is 48.8 Å². The molecule has 2 aromatic rings. The Kier molecular flexibility index (Phi) is 5.33. The van der Waals surface area contributed by atoms with E-state index in [1.54, 1.807) is 0 Å². The molecule has 122 valence electrons. The maximum absolute atomic E-state index is 13.0. The van der Waals surface area contributed by atoms with Crippen molar-refractivity contribution >= 4 is 0 Å². The van der Waals surface area contributed by atoms with Crippen LogP contribution in [-0.2, 0) is 6.42 Å². The van der Waals surface area contributed by atoms with E-state index < -0.39 is 0 Å². The van der Waals surface area contributed by atoms with E-state index in [9.17, 15) is 4.39 Å². The van der Waals surface area contributed by atoms with Crippen molar-refractivity contribution in [1.82, 2.24) is 20.7 Å². The summed E-state index contributed by atoms with van der Waals surface area (Å²) in [5.41, 5.74) is 9.11. The van der Waals surface area contributed by atoms with Gasteiger partial charge in [0.05, 0.1) is 0 Å². The van der Waals surface area contributed by atoms with E-state index in [1.165, 1.54) is 17.7 Å². The molecule has 2 unspecified atom stereocenters. The van der Waals surface area contributed by atoms with Gasteiger partial charge in [-0.25, -0.2) is 9.82 Å². The number of nitrogens with one attached hydrogen (secondary N) is 2. The van der Waals surface area contributed by atoms with Gasteiger partial charge in [-0.1, -0.05) is 12.1 Å². The summed E-state index contributed by atoms with van der Waals surface area (Å²) in [6.07, 6.45) is 5.71. The fraction of sp³-hybridized carbons (Fsp3) is 0.389. The summed E-state index contributed by atoms with van der Waals surface area (Å²) in [6, 6.07) is 11.5. The topological polar surface area (TPSA) is 40.2 Å². The second kappa shape index (κ2) is 7.64. The Morgan fingerprint density at radius 2 is 1.87 bits per heavy atom. The molecule has 1 aliphatic heterocycles. The number of benzene rings is 1. The van der Waals surface area contributed by atoms with Crippen LogP contribution in [0.25, 0.3) is 0 Å². The first-order chi connectivity index (χ1) is 11.2. The first-order valence-electron chi connectivity index (χ1n) is 8.04. The molecule has 1 fully saturated rings. The molecule has 0 spiro atoms. The first kappa shape index (κ1) is 16.1. The van der Waals surface area contributed by atoms with Crippen molar-refractivity contribution in [2.45, 2.75) is 24.9 Å². The second-order valence-corrected chi connectivity index (χ2v) is 6.19. The third-order valence-corrected chi connectivity index (χ3v) is 4.32. The number of rotatable bonds is 6. The Balaban J connectivity index is 1.45. The normalized spacial score (nSPS) is 21.0. The minimum atomic E-state index is -0.188. The van der Waals surface area contributed by atoms with E-state index in [1.807, 2.05) is 24.5 Å². The van der Waals surface area contributed by atoms with Crippen LogP contribution in [0.2, 0.25) is 0 Å². The summed E-state index contributed by atoms with van der Waals surface area (Å²) in [7, 11) is 2.15. The van der Waals surface area contributed by atoms with Crippen molar-refractivity contribution in [2.75, 3.05) is 20.1 Å². The highest BCUT2D eigenvalue weighted by Gasteiger charge is 2.25. The van der Waals surface area contributed by atoms with E-state index in [0.717, 1.165) is 31.5 Å². The SMILES string of the molecule is CN(CCc1ccncc1)CC1CC(c2ccc(F)cc2)NN1. The molecule has 3 rings (SSSR count). The van der Waals surface area contributed by atoms with Gasteiger partial charge in [0.25, 0.3) is 0 Å². The van der Waals surface area contributed by atoms with Gasteiger partial charge < -0.3 is 4.90 Å². The molecular formula is C18H23FN4. The smallest absolute Gasteiger partial charge is 0.123 e. The fourth-order valence-electron chi connectivity index (χ4n) is 2.99. The largest absolute Gasteiger partial charge is 0.304 e. The lowest BCUT2D eigenvalue weighted by Gasteiger charge is -2.20. The molecule has 1 aromatic heterocycles. The molecule has 0 bridgehead atoms. The Hall–Kier alpha value is -1.82. The van der Waals surface area contributed by atoms with Gasteiger partial charge in [-0.3, -0.25) is 10.4 Å². The maximum atomic E-state index is 13.0. The van der Waals surface area contributed by atoms with Gasteiger partial charge >= 0.3 is 0 Å². The summed E-state index contributed by atoms with van der Waals surface area (Å²) < 4.78 is 13.0. The Morgan fingerprint density at radius 1 is 1.13 bits per heavy atom. The number of hydrogen-bond donors (Lipinski definition) is 2. The van der Waals surface area contributed by atoms with E-state index in [2.05, 4.69) is 39.9 Å². The highest BCUT2D eigenvalue weighted by atomic mass is 19.1. The monoisotopic (exact) mass is 314 g/mol. The van der Waals surface area contributed by atoms with Gasteiger partial charge in [0, 0.05) is 37.6 Å². The fourth-order valence-corrected chi connectivity index (χ4v) is 2.99. The molecule has 2 heterocycles. The Labute approximate surface area is 136 Å². The van der Waals surface area contributed by atoms with E-state index >= 15 is 0 Å². The lowest BCUT2D eigenvalue weighted by atomic mass is 10.0. The summed E-state index contributed by atoms with van der Waals surface area (Å²) in [5.74, 6) is -0.188. The van der Waals surface area contributed by atoms with Crippen molar-refractivity contribution in [3.05, 3.63) is 65.7 Å². The molecule has 4 nitrogen and oxygen atoms in total. The van der Waals surface area contributed by atoms with E-state index in [0.29, 0.717) is 6.04 Å². The van der Waals surface area contributed by atoms with Crippen LogP contribution in [0.5, 0.6) is 0 Å². The predicted molar refractivity (Wildman–Crippen MR) is 89.3 cm³/mol. The molecule has 0 amide bonds. The lowest BCUT2D eigenvalue weighted by Crippen LogP contribution is -2.39. The van der Waals surface area contributed by atoms with Crippen LogP contribution >= 0.6 is 0 Å². The number of pyridine rings is 1.